The quantitative estimate of drug-likeness (QED) is 0.618. The van der Waals surface area contributed by atoms with Crippen molar-refractivity contribution in [3.8, 4) is 17.1 Å². The minimum Gasteiger partial charge on any atom is -0.497 e. The molecule has 1 fully saturated rings. The molecular weight excluding hydrogens is 441 g/mol. The molecule has 1 saturated heterocycles. The van der Waals surface area contributed by atoms with Gasteiger partial charge in [-0.1, -0.05) is 11.2 Å². The van der Waals surface area contributed by atoms with E-state index < -0.39 is 11.7 Å². The Kier molecular flexibility index (Phi) is 5.97. The first-order chi connectivity index (χ1) is 16.5. The summed E-state index contributed by atoms with van der Waals surface area (Å²) in [5.41, 5.74) is 1.87. The number of piperazine rings is 1. The average molecular weight is 465 g/mol. The summed E-state index contributed by atoms with van der Waals surface area (Å²) in [4.78, 5) is 33.7. The van der Waals surface area contributed by atoms with Crippen LogP contribution in [0, 0.1) is 5.82 Å². The molecule has 34 heavy (non-hydrogen) atoms. The van der Waals surface area contributed by atoms with Crippen LogP contribution in [-0.2, 0) is 16.1 Å². The zero-order valence-electron chi connectivity index (χ0n) is 18.7. The van der Waals surface area contributed by atoms with Gasteiger partial charge in [-0.2, -0.15) is 4.98 Å². The highest BCUT2D eigenvalue weighted by Gasteiger charge is 2.35. The monoisotopic (exact) mass is 465 g/mol. The standard InChI is InChI=1S/C24H24FN5O4/c1-33-17-5-2-15(3-6-17)23-27-22(34-28-23)14-29-8-10-30(11-9-29)24(32)19-13-21(31)26-20-12-16(25)4-7-18(19)20/h2-7,12,19H,8-11,13-14H2,1H3,(H,26,31). The van der Waals surface area contributed by atoms with Gasteiger partial charge in [0.15, 0.2) is 0 Å². The van der Waals surface area contributed by atoms with E-state index in [9.17, 15) is 14.0 Å². The molecule has 1 atom stereocenters. The number of carbonyl (C=O) groups excluding carboxylic acids is 2. The van der Waals surface area contributed by atoms with Crippen molar-refractivity contribution in [2.24, 2.45) is 0 Å². The fourth-order valence-corrected chi connectivity index (χ4v) is 4.37. The molecule has 10 heteroatoms. The van der Waals surface area contributed by atoms with Gasteiger partial charge in [0.1, 0.15) is 11.6 Å². The van der Waals surface area contributed by atoms with Gasteiger partial charge in [-0.05, 0) is 42.0 Å². The van der Waals surface area contributed by atoms with Crippen LogP contribution >= 0.6 is 0 Å². The lowest BCUT2D eigenvalue weighted by atomic mass is 9.89. The van der Waals surface area contributed by atoms with E-state index in [0.29, 0.717) is 55.7 Å². The molecule has 0 radical (unpaired) electrons. The molecule has 1 aromatic heterocycles. The molecule has 2 aliphatic heterocycles. The summed E-state index contributed by atoms with van der Waals surface area (Å²) in [6.45, 7) is 2.81. The SMILES string of the molecule is COc1ccc(-c2noc(CN3CCN(C(=O)C4CC(=O)Nc5cc(F)ccc54)CC3)n2)cc1. The molecule has 2 aliphatic rings. The number of benzene rings is 2. The molecule has 0 spiro atoms. The number of carbonyl (C=O) groups is 2. The predicted molar refractivity (Wildman–Crippen MR) is 121 cm³/mol. The lowest BCUT2D eigenvalue weighted by Gasteiger charge is -2.37. The third-order valence-electron chi connectivity index (χ3n) is 6.21. The Morgan fingerprint density at radius 3 is 2.68 bits per heavy atom. The van der Waals surface area contributed by atoms with Gasteiger partial charge in [0.25, 0.3) is 0 Å². The Labute approximate surface area is 195 Å². The van der Waals surface area contributed by atoms with Crippen molar-refractivity contribution < 1.29 is 23.2 Å². The maximum atomic E-state index is 13.6. The smallest absolute Gasteiger partial charge is 0.241 e. The number of nitrogens with one attached hydrogen (secondary N) is 1. The van der Waals surface area contributed by atoms with Gasteiger partial charge in [0.2, 0.25) is 23.5 Å². The van der Waals surface area contributed by atoms with Gasteiger partial charge in [-0.15, -0.1) is 0 Å². The second-order valence-electron chi connectivity index (χ2n) is 8.38. The van der Waals surface area contributed by atoms with Gasteiger partial charge in [0.05, 0.1) is 19.6 Å². The van der Waals surface area contributed by atoms with Gasteiger partial charge >= 0.3 is 0 Å². The average Bonchev–Trinajstić information content (AvgIpc) is 3.32. The summed E-state index contributed by atoms with van der Waals surface area (Å²) >= 11 is 0. The molecule has 0 saturated carbocycles. The first-order valence-corrected chi connectivity index (χ1v) is 11.1. The number of halogens is 1. The van der Waals surface area contributed by atoms with Crippen molar-refractivity contribution in [3.63, 3.8) is 0 Å². The number of anilines is 1. The molecule has 1 unspecified atom stereocenters. The van der Waals surface area contributed by atoms with Gasteiger partial charge in [-0.3, -0.25) is 14.5 Å². The number of ether oxygens (including phenoxy) is 1. The van der Waals surface area contributed by atoms with E-state index in [4.69, 9.17) is 9.26 Å². The molecular formula is C24H24FN5O4. The van der Waals surface area contributed by atoms with Crippen LogP contribution in [0.2, 0.25) is 0 Å². The molecule has 3 aromatic rings. The second-order valence-corrected chi connectivity index (χ2v) is 8.38. The van der Waals surface area contributed by atoms with Crippen molar-refractivity contribution in [2.45, 2.75) is 18.9 Å². The first kappa shape index (κ1) is 22.0. The summed E-state index contributed by atoms with van der Waals surface area (Å²) in [5.74, 6) is 0.337. The minimum atomic E-state index is -0.598. The number of rotatable bonds is 5. The number of aromatic nitrogens is 2. The summed E-state index contributed by atoms with van der Waals surface area (Å²) in [7, 11) is 1.61. The topological polar surface area (TPSA) is 101 Å². The number of amides is 2. The number of fused-ring (bicyclic) bond motifs is 1. The van der Waals surface area contributed by atoms with Crippen LogP contribution in [0.3, 0.4) is 0 Å². The van der Waals surface area contributed by atoms with E-state index in [1.807, 2.05) is 24.3 Å². The Morgan fingerprint density at radius 1 is 1.18 bits per heavy atom. The molecule has 2 aromatic carbocycles. The minimum absolute atomic E-state index is 0.0633. The maximum Gasteiger partial charge on any atom is 0.241 e. The van der Waals surface area contributed by atoms with Crippen molar-refractivity contribution in [1.29, 1.82) is 0 Å². The fraction of sp³-hybridized carbons (Fsp3) is 0.333. The van der Waals surface area contributed by atoms with E-state index in [0.717, 1.165) is 11.3 Å². The normalized spacial score (nSPS) is 18.4. The lowest BCUT2D eigenvalue weighted by molar-refractivity contribution is -0.136. The maximum absolute atomic E-state index is 13.6. The Bertz CT molecular complexity index is 1200. The molecule has 176 valence electrons. The zero-order chi connectivity index (χ0) is 23.7. The predicted octanol–water partition coefficient (Wildman–Crippen LogP) is 2.65. The van der Waals surface area contributed by atoms with Gasteiger partial charge in [-0.25, -0.2) is 4.39 Å². The van der Waals surface area contributed by atoms with E-state index in [2.05, 4.69) is 20.4 Å². The van der Waals surface area contributed by atoms with Gasteiger partial charge in [0, 0.05) is 43.9 Å². The summed E-state index contributed by atoms with van der Waals surface area (Å²) < 4.78 is 24.2. The van der Waals surface area contributed by atoms with Crippen LogP contribution < -0.4 is 10.1 Å². The highest BCUT2D eigenvalue weighted by Crippen LogP contribution is 2.34. The Morgan fingerprint density at radius 2 is 1.94 bits per heavy atom. The largest absolute Gasteiger partial charge is 0.497 e. The Balaban J connectivity index is 1.19. The number of hydrogen-bond donors (Lipinski definition) is 1. The molecule has 1 N–H and O–H groups in total. The van der Waals surface area contributed by atoms with E-state index in [1.165, 1.54) is 12.1 Å². The summed E-state index contributed by atoms with van der Waals surface area (Å²) in [6, 6.07) is 11.6. The molecule has 5 rings (SSSR count). The number of hydrogen-bond acceptors (Lipinski definition) is 7. The number of nitrogens with zero attached hydrogens (tertiary/aromatic N) is 4. The molecule has 0 bridgehead atoms. The van der Waals surface area contributed by atoms with Crippen molar-refractivity contribution >= 4 is 17.5 Å². The van der Waals surface area contributed by atoms with Crippen LogP contribution in [0.5, 0.6) is 5.75 Å². The van der Waals surface area contributed by atoms with E-state index >= 15 is 0 Å². The second kappa shape index (κ2) is 9.22. The van der Waals surface area contributed by atoms with Crippen LogP contribution in [0.4, 0.5) is 10.1 Å². The van der Waals surface area contributed by atoms with Crippen LogP contribution in [0.25, 0.3) is 11.4 Å². The Hall–Kier alpha value is -3.79. The highest BCUT2D eigenvalue weighted by atomic mass is 19.1. The highest BCUT2D eigenvalue weighted by molar-refractivity contribution is 6.01. The van der Waals surface area contributed by atoms with Crippen LogP contribution in [0.15, 0.2) is 47.0 Å². The van der Waals surface area contributed by atoms with Crippen LogP contribution in [-0.4, -0.2) is 65.0 Å². The molecule has 2 amide bonds. The fourth-order valence-electron chi connectivity index (χ4n) is 4.37. The summed E-state index contributed by atoms with van der Waals surface area (Å²) in [5, 5.41) is 6.72. The van der Waals surface area contributed by atoms with E-state index in [1.54, 1.807) is 18.1 Å². The van der Waals surface area contributed by atoms with Crippen LogP contribution in [0.1, 0.15) is 23.8 Å². The van der Waals surface area contributed by atoms with Gasteiger partial charge < -0.3 is 19.5 Å². The van der Waals surface area contributed by atoms with Crippen molar-refractivity contribution in [1.82, 2.24) is 19.9 Å². The molecule has 3 heterocycles. The van der Waals surface area contributed by atoms with Crippen molar-refractivity contribution in [2.75, 3.05) is 38.6 Å². The van der Waals surface area contributed by atoms with Crippen molar-refractivity contribution in [3.05, 3.63) is 59.7 Å². The zero-order valence-corrected chi connectivity index (χ0v) is 18.7. The number of methoxy groups -OCH3 is 1. The third kappa shape index (κ3) is 4.49. The van der Waals surface area contributed by atoms with E-state index in [-0.39, 0.29) is 18.2 Å². The summed E-state index contributed by atoms with van der Waals surface area (Å²) in [6.07, 6.45) is 0.0633. The first-order valence-electron chi connectivity index (χ1n) is 11.1. The molecule has 9 nitrogen and oxygen atoms in total. The molecule has 0 aliphatic carbocycles. The third-order valence-corrected chi connectivity index (χ3v) is 6.21. The lowest BCUT2D eigenvalue weighted by Crippen LogP contribution is -2.50.